The van der Waals surface area contributed by atoms with E-state index in [4.69, 9.17) is 0 Å². The van der Waals surface area contributed by atoms with E-state index in [1.54, 1.807) is 16.8 Å². The highest BCUT2D eigenvalue weighted by molar-refractivity contribution is 5.93. The smallest absolute Gasteiger partial charge is 0.337 e. The van der Waals surface area contributed by atoms with Gasteiger partial charge < -0.3 is 10.1 Å². The Balaban J connectivity index is 1.49. The number of fused-ring (bicyclic) bond motifs is 1. The molecular formula is C22H20N6O4. The maximum atomic E-state index is 12.8. The molecule has 10 heteroatoms. The second kappa shape index (κ2) is 8.80. The van der Waals surface area contributed by atoms with Gasteiger partial charge in [0.2, 0.25) is 5.91 Å². The van der Waals surface area contributed by atoms with E-state index in [1.165, 1.54) is 30.1 Å². The van der Waals surface area contributed by atoms with Crippen molar-refractivity contribution in [3.63, 3.8) is 0 Å². The van der Waals surface area contributed by atoms with Crippen LogP contribution in [0.4, 0.5) is 5.69 Å². The molecule has 0 saturated heterocycles. The van der Waals surface area contributed by atoms with E-state index in [0.29, 0.717) is 23.4 Å². The van der Waals surface area contributed by atoms with E-state index >= 15 is 0 Å². The van der Waals surface area contributed by atoms with Gasteiger partial charge in [0.05, 0.1) is 19.2 Å². The zero-order valence-electron chi connectivity index (χ0n) is 17.5. The van der Waals surface area contributed by atoms with E-state index in [-0.39, 0.29) is 12.1 Å². The van der Waals surface area contributed by atoms with Gasteiger partial charge in [-0.1, -0.05) is 29.5 Å². The fraction of sp³-hybridized carbons (Fsp3) is 0.182. The number of amides is 1. The number of aromatic nitrogens is 5. The number of hydrogen-bond acceptors (Lipinski definition) is 7. The molecule has 0 unspecified atom stereocenters. The molecule has 4 rings (SSSR count). The summed E-state index contributed by atoms with van der Waals surface area (Å²) in [6.45, 7) is 2.18. The Hall–Kier alpha value is -4.34. The Labute approximate surface area is 182 Å². The maximum Gasteiger partial charge on any atom is 0.337 e. The van der Waals surface area contributed by atoms with Crippen LogP contribution in [0.3, 0.4) is 0 Å². The summed E-state index contributed by atoms with van der Waals surface area (Å²) >= 11 is 0. The maximum absolute atomic E-state index is 12.8. The molecule has 2 heterocycles. The van der Waals surface area contributed by atoms with Crippen molar-refractivity contribution in [2.24, 2.45) is 0 Å². The molecule has 0 atom stereocenters. The van der Waals surface area contributed by atoms with Crippen LogP contribution in [0.1, 0.15) is 21.5 Å². The Morgan fingerprint density at radius 1 is 1.09 bits per heavy atom. The van der Waals surface area contributed by atoms with Crippen LogP contribution in [0.5, 0.6) is 0 Å². The van der Waals surface area contributed by atoms with Crippen molar-refractivity contribution in [2.75, 3.05) is 12.4 Å². The minimum Gasteiger partial charge on any atom is -0.465 e. The summed E-state index contributed by atoms with van der Waals surface area (Å²) in [5.41, 5.74) is 2.98. The number of hydrogen-bond donors (Lipinski definition) is 1. The molecule has 10 nitrogen and oxygen atoms in total. The number of nitrogens with one attached hydrogen (secondary N) is 1. The highest BCUT2D eigenvalue weighted by Crippen LogP contribution is 2.12. The van der Waals surface area contributed by atoms with Crippen molar-refractivity contribution in [2.45, 2.75) is 20.0 Å². The van der Waals surface area contributed by atoms with Gasteiger partial charge in [0.1, 0.15) is 12.9 Å². The lowest BCUT2D eigenvalue weighted by Crippen LogP contribution is -2.28. The molecule has 162 valence electrons. The lowest BCUT2D eigenvalue weighted by atomic mass is 10.1. The highest BCUT2D eigenvalue weighted by atomic mass is 16.5. The van der Waals surface area contributed by atoms with E-state index < -0.39 is 17.4 Å². The normalized spacial score (nSPS) is 10.8. The largest absolute Gasteiger partial charge is 0.465 e. The number of anilines is 1. The predicted molar refractivity (Wildman–Crippen MR) is 116 cm³/mol. The molecule has 4 aromatic rings. The summed E-state index contributed by atoms with van der Waals surface area (Å²) in [5.74, 6) is -0.893. The Morgan fingerprint density at radius 3 is 2.56 bits per heavy atom. The molecule has 0 spiro atoms. The Kier molecular flexibility index (Phi) is 5.75. The molecule has 0 fully saturated rings. The molecule has 32 heavy (non-hydrogen) atoms. The predicted octanol–water partition coefficient (Wildman–Crippen LogP) is 1.77. The molecule has 1 amide bonds. The number of nitrogens with zero attached hydrogens (tertiary/aromatic N) is 5. The third kappa shape index (κ3) is 4.24. The van der Waals surface area contributed by atoms with Crippen LogP contribution in [-0.2, 0) is 22.6 Å². The van der Waals surface area contributed by atoms with Gasteiger partial charge in [0, 0.05) is 5.69 Å². The van der Waals surface area contributed by atoms with Gasteiger partial charge in [-0.2, -0.15) is 0 Å². The van der Waals surface area contributed by atoms with Gasteiger partial charge in [-0.3, -0.25) is 14.2 Å². The Bertz CT molecular complexity index is 1360. The summed E-state index contributed by atoms with van der Waals surface area (Å²) in [6, 6.07) is 14.1. The summed E-state index contributed by atoms with van der Waals surface area (Å²) in [4.78, 5) is 41.0. The van der Waals surface area contributed by atoms with Crippen LogP contribution in [0, 0.1) is 6.92 Å². The molecule has 0 aliphatic heterocycles. The third-order valence-electron chi connectivity index (χ3n) is 4.98. The number of carbonyl (C=O) groups is 2. The first kappa shape index (κ1) is 20.9. The van der Waals surface area contributed by atoms with Gasteiger partial charge in [0.25, 0.3) is 5.56 Å². The van der Waals surface area contributed by atoms with Gasteiger partial charge >= 0.3 is 5.97 Å². The quantitative estimate of drug-likeness (QED) is 0.461. The molecule has 0 aliphatic rings. The second-order valence-corrected chi connectivity index (χ2v) is 7.14. The first-order valence-electron chi connectivity index (χ1n) is 9.77. The topological polar surface area (TPSA) is 121 Å². The summed E-state index contributed by atoms with van der Waals surface area (Å²) in [6.07, 6.45) is 1.31. The minimum absolute atomic E-state index is 0.0938. The fourth-order valence-corrected chi connectivity index (χ4v) is 3.22. The lowest BCUT2D eigenvalue weighted by Gasteiger charge is -2.08. The average molecular weight is 432 g/mol. The third-order valence-corrected chi connectivity index (χ3v) is 4.98. The number of aryl methyl sites for hydroxylation is 1. The van der Waals surface area contributed by atoms with Crippen molar-refractivity contribution in [1.82, 2.24) is 24.5 Å². The molecule has 0 bridgehead atoms. The van der Waals surface area contributed by atoms with Crippen LogP contribution in [0.15, 0.2) is 59.7 Å². The molecule has 2 aromatic carbocycles. The molecular weight excluding hydrogens is 412 g/mol. The SMILES string of the molecule is COC(=O)c1ccc(NC(=O)Cn2cnc3c(nnn3Cc3ccccc3C)c2=O)cc1. The van der Waals surface area contributed by atoms with Crippen LogP contribution < -0.4 is 10.9 Å². The number of methoxy groups -OCH3 is 1. The first-order valence-corrected chi connectivity index (χ1v) is 9.77. The van der Waals surface area contributed by atoms with Crippen LogP contribution in [-0.4, -0.2) is 43.5 Å². The van der Waals surface area contributed by atoms with E-state index in [1.807, 2.05) is 31.2 Å². The molecule has 0 saturated carbocycles. The minimum atomic E-state index is -0.468. The molecule has 0 radical (unpaired) electrons. The molecule has 1 N–H and O–H groups in total. The van der Waals surface area contributed by atoms with E-state index in [0.717, 1.165) is 11.1 Å². The summed E-state index contributed by atoms with van der Waals surface area (Å²) in [7, 11) is 1.29. The van der Waals surface area contributed by atoms with Gasteiger partial charge in [0.15, 0.2) is 11.2 Å². The number of carbonyl (C=O) groups excluding carboxylic acids is 2. The standard InChI is InChI=1S/C22H20N6O4/c1-14-5-3-4-6-16(14)11-28-20-19(25-26-28)21(30)27(13-23-20)12-18(29)24-17-9-7-15(8-10-17)22(31)32-2/h3-10,13H,11-12H2,1-2H3,(H,24,29). The number of benzene rings is 2. The zero-order chi connectivity index (χ0) is 22.7. The Morgan fingerprint density at radius 2 is 1.84 bits per heavy atom. The molecule has 2 aromatic heterocycles. The van der Waals surface area contributed by atoms with E-state index in [9.17, 15) is 14.4 Å². The van der Waals surface area contributed by atoms with Gasteiger partial charge in [-0.05, 0) is 42.3 Å². The number of rotatable bonds is 6. The summed E-state index contributed by atoms with van der Waals surface area (Å²) < 4.78 is 7.38. The van der Waals surface area contributed by atoms with Crippen molar-refractivity contribution in [3.05, 3.63) is 81.9 Å². The van der Waals surface area contributed by atoms with Crippen LogP contribution in [0.2, 0.25) is 0 Å². The van der Waals surface area contributed by atoms with E-state index in [2.05, 4.69) is 25.3 Å². The fourth-order valence-electron chi connectivity index (χ4n) is 3.22. The van der Waals surface area contributed by atoms with Crippen molar-refractivity contribution in [3.8, 4) is 0 Å². The number of ether oxygens (including phenoxy) is 1. The highest BCUT2D eigenvalue weighted by Gasteiger charge is 2.15. The lowest BCUT2D eigenvalue weighted by molar-refractivity contribution is -0.116. The summed E-state index contributed by atoms with van der Waals surface area (Å²) in [5, 5.41) is 10.7. The van der Waals surface area contributed by atoms with Crippen LogP contribution in [0.25, 0.3) is 11.2 Å². The van der Waals surface area contributed by atoms with Gasteiger partial charge in [-0.25, -0.2) is 14.5 Å². The zero-order valence-corrected chi connectivity index (χ0v) is 17.5. The first-order chi connectivity index (χ1) is 15.5. The van der Waals surface area contributed by atoms with Crippen LogP contribution >= 0.6 is 0 Å². The van der Waals surface area contributed by atoms with Crippen molar-refractivity contribution < 1.29 is 14.3 Å². The second-order valence-electron chi connectivity index (χ2n) is 7.14. The van der Waals surface area contributed by atoms with Crippen molar-refractivity contribution in [1.29, 1.82) is 0 Å². The van der Waals surface area contributed by atoms with Crippen molar-refractivity contribution >= 4 is 28.7 Å². The average Bonchev–Trinajstić information content (AvgIpc) is 3.20. The monoisotopic (exact) mass is 432 g/mol. The number of esters is 1. The van der Waals surface area contributed by atoms with Gasteiger partial charge in [-0.15, -0.1) is 5.10 Å². The molecule has 0 aliphatic carbocycles.